The topological polar surface area (TPSA) is 90.9 Å². The second-order valence-electron chi connectivity index (χ2n) is 8.12. The lowest BCUT2D eigenvalue weighted by Crippen LogP contribution is -2.45. The van der Waals surface area contributed by atoms with E-state index in [0.29, 0.717) is 23.5 Å². The van der Waals surface area contributed by atoms with Gasteiger partial charge >= 0.3 is 12.1 Å². The zero-order chi connectivity index (χ0) is 22.6. The Morgan fingerprint density at radius 2 is 1.77 bits per heavy atom. The number of ether oxygens (including phenoxy) is 3. The molecule has 168 valence electrons. The highest BCUT2D eigenvalue weighted by Crippen LogP contribution is 2.20. The molecule has 0 fully saturated rings. The molecular formula is C23H35NO6. The Balaban J connectivity index is 2.94. The van der Waals surface area contributed by atoms with Gasteiger partial charge in [0.25, 0.3) is 0 Å². The molecule has 0 bridgehead atoms. The van der Waals surface area contributed by atoms with Crippen molar-refractivity contribution in [2.24, 2.45) is 0 Å². The quantitative estimate of drug-likeness (QED) is 0.304. The Morgan fingerprint density at radius 1 is 1.10 bits per heavy atom. The van der Waals surface area contributed by atoms with Crippen molar-refractivity contribution >= 4 is 18.3 Å². The van der Waals surface area contributed by atoms with E-state index in [2.05, 4.69) is 12.2 Å². The van der Waals surface area contributed by atoms with Crippen LogP contribution in [0.2, 0.25) is 0 Å². The van der Waals surface area contributed by atoms with Gasteiger partial charge < -0.3 is 19.5 Å². The largest absolute Gasteiger partial charge is 0.493 e. The van der Waals surface area contributed by atoms with Gasteiger partial charge in [-0.25, -0.2) is 9.59 Å². The van der Waals surface area contributed by atoms with Crippen molar-refractivity contribution in [1.82, 2.24) is 5.32 Å². The van der Waals surface area contributed by atoms with Crippen molar-refractivity contribution in [2.75, 3.05) is 13.2 Å². The number of aldehydes is 1. The summed E-state index contributed by atoms with van der Waals surface area (Å²) in [6, 6.07) is 4.22. The number of alkyl carbamates (subject to hydrolysis) is 1. The maximum atomic E-state index is 12.5. The number of rotatable bonds is 12. The minimum absolute atomic E-state index is 0.167. The average molecular weight is 422 g/mol. The van der Waals surface area contributed by atoms with Crippen LogP contribution in [0.3, 0.4) is 0 Å². The predicted molar refractivity (Wildman–Crippen MR) is 115 cm³/mol. The van der Waals surface area contributed by atoms with Gasteiger partial charge in [-0.05, 0) is 51.3 Å². The van der Waals surface area contributed by atoms with E-state index in [9.17, 15) is 14.4 Å². The molecule has 0 spiro atoms. The van der Waals surface area contributed by atoms with Crippen LogP contribution in [0, 0.1) is 0 Å². The van der Waals surface area contributed by atoms with E-state index in [1.165, 1.54) is 0 Å². The van der Waals surface area contributed by atoms with Gasteiger partial charge in [0.15, 0.2) is 6.29 Å². The van der Waals surface area contributed by atoms with E-state index in [0.717, 1.165) is 32.0 Å². The molecule has 0 aromatic heterocycles. The zero-order valence-corrected chi connectivity index (χ0v) is 18.8. The van der Waals surface area contributed by atoms with Gasteiger partial charge in [0.05, 0.1) is 18.8 Å². The Morgan fingerprint density at radius 3 is 2.37 bits per heavy atom. The summed E-state index contributed by atoms with van der Waals surface area (Å²) in [6.07, 6.45) is 3.71. The number of carbonyl (C=O) groups is 3. The third kappa shape index (κ3) is 9.76. The van der Waals surface area contributed by atoms with Gasteiger partial charge in [0.1, 0.15) is 17.4 Å². The molecule has 0 aliphatic carbocycles. The average Bonchev–Trinajstić information content (AvgIpc) is 2.67. The first kappa shape index (κ1) is 25.5. The molecule has 1 aromatic carbocycles. The Labute approximate surface area is 179 Å². The van der Waals surface area contributed by atoms with Gasteiger partial charge in [-0.1, -0.05) is 32.8 Å². The highest BCUT2D eigenvalue weighted by Gasteiger charge is 2.26. The summed E-state index contributed by atoms with van der Waals surface area (Å²) in [7, 11) is 0. The molecule has 0 radical (unpaired) electrons. The van der Waals surface area contributed by atoms with Crippen LogP contribution in [0.25, 0.3) is 0 Å². The Bertz CT molecular complexity index is 695. The number of benzene rings is 1. The van der Waals surface area contributed by atoms with Crippen LogP contribution in [0.1, 0.15) is 76.2 Å². The van der Waals surface area contributed by atoms with Crippen molar-refractivity contribution in [3.05, 3.63) is 29.3 Å². The molecule has 1 amide bonds. The fraction of sp³-hybridized carbons (Fsp3) is 0.609. The lowest BCUT2D eigenvalue weighted by Gasteiger charge is -2.23. The summed E-state index contributed by atoms with van der Waals surface area (Å²) in [5.74, 6) is -0.0328. The van der Waals surface area contributed by atoms with Gasteiger partial charge in [-0.15, -0.1) is 0 Å². The number of hydrogen-bond donors (Lipinski definition) is 1. The first-order valence-corrected chi connectivity index (χ1v) is 10.6. The second kappa shape index (κ2) is 12.9. The lowest BCUT2D eigenvalue weighted by molar-refractivity contribution is -0.146. The van der Waals surface area contributed by atoms with Crippen molar-refractivity contribution in [3.63, 3.8) is 0 Å². The third-order valence-electron chi connectivity index (χ3n) is 4.11. The minimum Gasteiger partial charge on any atom is -0.493 e. The van der Waals surface area contributed by atoms with Crippen LogP contribution in [-0.2, 0) is 20.7 Å². The van der Waals surface area contributed by atoms with Gasteiger partial charge in [-0.2, -0.15) is 0 Å². The summed E-state index contributed by atoms with van der Waals surface area (Å²) < 4.78 is 16.2. The molecule has 0 saturated heterocycles. The van der Waals surface area contributed by atoms with Crippen molar-refractivity contribution in [3.8, 4) is 5.75 Å². The molecule has 7 heteroatoms. The van der Waals surface area contributed by atoms with E-state index in [1.54, 1.807) is 39.0 Å². The van der Waals surface area contributed by atoms with E-state index in [4.69, 9.17) is 14.2 Å². The fourth-order valence-corrected chi connectivity index (χ4v) is 2.57. The highest BCUT2D eigenvalue weighted by atomic mass is 16.6. The van der Waals surface area contributed by atoms with Crippen molar-refractivity contribution in [1.29, 1.82) is 0 Å². The first-order chi connectivity index (χ1) is 14.2. The predicted octanol–water partition coefficient (Wildman–Crippen LogP) is 4.46. The summed E-state index contributed by atoms with van der Waals surface area (Å²) in [5.41, 5.74) is 0.413. The van der Waals surface area contributed by atoms with Crippen LogP contribution in [0.5, 0.6) is 5.75 Å². The number of esters is 1. The SMILES string of the molecule is CCCCOC(=O)[C@H](Cc1ccc(OCCCC)c(C=O)c1)NC(=O)OC(C)(C)C. The van der Waals surface area contributed by atoms with Crippen LogP contribution in [0.15, 0.2) is 18.2 Å². The molecule has 30 heavy (non-hydrogen) atoms. The number of nitrogens with one attached hydrogen (secondary N) is 1. The van der Waals surface area contributed by atoms with Crippen LogP contribution < -0.4 is 10.1 Å². The fourth-order valence-electron chi connectivity index (χ4n) is 2.57. The zero-order valence-electron chi connectivity index (χ0n) is 18.8. The first-order valence-electron chi connectivity index (χ1n) is 10.6. The van der Waals surface area contributed by atoms with E-state index in [-0.39, 0.29) is 13.0 Å². The van der Waals surface area contributed by atoms with Gasteiger partial charge in [0, 0.05) is 6.42 Å². The molecule has 0 aliphatic heterocycles. The summed E-state index contributed by atoms with van der Waals surface area (Å²) in [6.45, 7) is 10.1. The molecule has 1 atom stereocenters. The molecule has 0 saturated carbocycles. The van der Waals surface area contributed by atoms with E-state index >= 15 is 0 Å². The monoisotopic (exact) mass is 421 g/mol. The molecule has 0 unspecified atom stereocenters. The van der Waals surface area contributed by atoms with Gasteiger partial charge in [-0.3, -0.25) is 4.79 Å². The molecule has 1 aromatic rings. The maximum Gasteiger partial charge on any atom is 0.408 e. The molecule has 0 aliphatic rings. The molecule has 7 nitrogen and oxygen atoms in total. The van der Waals surface area contributed by atoms with Gasteiger partial charge in [0.2, 0.25) is 0 Å². The number of unbranched alkanes of at least 4 members (excludes halogenated alkanes) is 2. The number of carbonyl (C=O) groups excluding carboxylic acids is 3. The normalized spacial score (nSPS) is 12.0. The third-order valence-corrected chi connectivity index (χ3v) is 4.11. The summed E-state index contributed by atoms with van der Waals surface area (Å²) >= 11 is 0. The van der Waals surface area contributed by atoms with Crippen molar-refractivity contribution < 1.29 is 28.6 Å². The molecule has 1 rings (SSSR count). The number of hydrogen-bond acceptors (Lipinski definition) is 6. The summed E-state index contributed by atoms with van der Waals surface area (Å²) in [5, 5.41) is 2.59. The van der Waals surface area contributed by atoms with Crippen LogP contribution in [0.4, 0.5) is 4.79 Å². The van der Waals surface area contributed by atoms with E-state index in [1.807, 2.05) is 6.92 Å². The molecule has 0 heterocycles. The van der Waals surface area contributed by atoms with Crippen LogP contribution >= 0.6 is 0 Å². The maximum absolute atomic E-state index is 12.5. The minimum atomic E-state index is -0.928. The Hall–Kier alpha value is -2.57. The second-order valence-corrected chi connectivity index (χ2v) is 8.12. The standard InChI is InChI=1S/C23H35NO6/c1-6-8-12-28-20-11-10-17(14-18(20)16-25)15-19(21(26)29-13-9-7-2)24-22(27)30-23(3,4)5/h10-11,14,16,19H,6-9,12-13,15H2,1-5H3,(H,24,27)/t19-/m0/s1. The van der Waals surface area contributed by atoms with E-state index < -0.39 is 23.7 Å². The Kier molecular flexibility index (Phi) is 10.9. The lowest BCUT2D eigenvalue weighted by atomic mass is 10.0. The van der Waals surface area contributed by atoms with Crippen molar-refractivity contribution in [2.45, 2.75) is 78.4 Å². The molecular weight excluding hydrogens is 386 g/mol. The summed E-state index contributed by atoms with van der Waals surface area (Å²) in [4.78, 5) is 36.2. The van der Waals surface area contributed by atoms with Crippen LogP contribution in [-0.4, -0.2) is 43.2 Å². The highest BCUT2D eigenvalue weighted by molar-refractivity contribution is 5.82. The molecule has 1 N–H and O–H groups in total. The smallest absolute Gasteiger partial charge is 0.408 e. The number of amides is 1.